The number of sulfonamides is 1. The minimum Gasteiger partial charge on any atom is -0.320 e. The first-order chi connectivity index (χ1) is 8.86. The molecule has 0 unspecified atom stereocenters. The number of nitrogens with two attached hydrogens (primary N) is 1. The van der Waals surface area contributed by atoms with Gasteiger partial charge in [-0.05, 0) is 24.1 Å². The van der Waals surface area contributed by atoms with Gasteiger partial charge in [0.1, 0.15) is 5.82 Å². The molecule has 0 aromatic heterocycles. The molecule has 1 rings (SSSR count). The van der Waals surface area contributed by atoms with Crippen molar-refractivity contribution in [2.75, 3.05) is 13.1 Å². The molecular weight excluding hydrogens is 267 g/mol. The van der Waals surface area contributed by atoms with Crippen molar-refractivity contribution >= 4 is 10.0 Å². The molecule has 0 saturated heterocycles. The lowest BCUT2D eigenvalue weighted by atomic mass is 10.2. The molecule has 0 heterocycles. The summed E-state index contributed by atoms with van der Waals surface area (Å²) in [5.41, 5.74) is 5.35. The van der Waals surface area contributed by atoms with Crippen molar-refractivity contribution in [3.05, 3.63) is 29.6 Å². The number of benzene rings is 1. The first kappa shape index (κ1) is 15.6. The van der Waals surface area contributed by atoms with Crippen LogP contribution in [-0.4, -0.2) is 21.5 Å². The van der Waals surface area contributed by atoms with Gasteiger partial charge in [0.05, 0.1) is 11.4 Å². The van der Waals surface area contributed by atoms with Gasteiger partial charge >= 0.3 is 0 Å². The van der Waals surface area contributed by atoms with Crippen molar-refractivity contribution in [1.29, 1.82) is 0 Å². The van der Waals surface area contributed by atoms with Crippen LogP contribution < -0.4 is 10.5 Å². The molecule has 0 radical (unpaired) electrons. The summed E-state index contributed by atoms with van der Waals surface area (Å²) in [7, 11) is -3.69. The summed E-state index contributed by atoms with van der Waals surface area (Å²) >= 11 is 0. The maximum atomic E-state index is 13.2. The number of nitrogens with one attached hydrogen (secondary N) is 1. The zero-order chi connectivity index (χ0) is 14.5. The lowest BCUT2D eigenvalue weighted by Gasteiger charge is -2.10. The van der Waals surface area contributed by atoms with Crippen LogP contribution in [0.25, 0.3) is 0 Å². The second kappa shape index (κ2) is 6.66. The fraction of sp³-hybridized carbons (Fsp3) is 0.385. The number of hydrogen-bond donors (Lipinski definition) is 2. The molecule has 0 bridgehead atoms. The molecule has 0 fully saturated rings. The molecule has 0 saturated carbocycles. The normalized spacial score (nSPS) is 11.2. The number of halogens is 1. The Bertz CT molecular complexity index is 601. The molecule has 0 spiro atoms. The summed E-state index contributed by atoms with van der Waals surface area (Å²) in [6.07, 6.45) is 0. The third kappa shape index (κ3) is 4.63. The molecule has 6 heteroatoms. The van der Waals surface area contributed by atoms with Crippen molar-refractivity contribution in [1.82, 2.24) is 4.72 Å². The van der Waals surface area contributed by atoms with Crippen LogP contribution in [0.2, 0.25) is 0 Å². The largest absolute Gasteiger partial charge is 0.320 e. The molecule has 0 aliphatic rings. The van der Waals surface area contributed by atoms with E-state index in [0.29, 0.717) is 6.54 Å². The summed E-state index contributed by atoms with van der Waals surface area (Å²) in [6.45, 7) is 4.17. The second-order valence-electron chi connectivity index (χ2n) is 4.39. The molecule has 1 aromatic rings. The van der Waals surface area contributed by atoms with Crippen LogP contribution in [0.4, 0.5) is 4.39 Å². The van der Waals surface area contributed by atoms with E-state index in [9.17, 15) is 12.8 Å². The van der Waals surface area contributed by atoms with Crippen LogP contribution in [0, 0.1) is 23.6 Å². The summed E-state index contributed by atoms with van der Waals surface area (Å²) in [5, 5.41) is 0. The summed E-state index contributed by atoms with van der Waals surface area (Å²) in [5.74, 6) is 4.74. The van der Waals surface area contributed by atoms with E-state index in [-0.39, 0.29) is 22.9 Å². The van der Waals surface area contributed by atoms with E-state index >= 15 is 0 Å². The van der Waals surface area contributed by atoms with Crippen molar-refractivity contribution < 1.29 is 12.8 Å². The highest BCUT2D eigenvalue weighted by molar-refractivity contribution is 7.89. The van der Waals surface area contributed by atoms with E-state index < -0.39 is 15.8 Å². The van der Waals surface area contributed by atoms with Gasteiger partial charge in [-0.15, -0.1) is 0 Å². The zero-order valence-corrected chi connectivity index (χ0v) is 11.7. The fourth-order valence-electron chi connectivity index (χ4n) is 1.33. The van der Waals surface area contributed by atoms with Crippen molar-refractivity contribution in [2.24, 2.45) is 11.7 Å². The fourth-order valence-corrected chi connectivity index (χ4v) is 2.69. The molecule has 0 atom stereocenters. The summed E-state index contributed by atoms with van der Waals surface area (Å²) in [4.78, 5) is -0.0319. The molecule has 0 aliphatic heterocycles. The predicted molar refractivity (Wildman–Crippen MR) is 72.4 cm³/mol. The molecule has 19 heavy (non-hydrogen) atoms. The Balaban J connectivity index is 3.18. The average molecular weight is 284 g/mol. The van der Waals surface area contributed by atoms with Crippen molar-refractivity contribution in [2.45, 2.75) is 18.7 Å². The second-order valence-corrected chi connectivity index (χ2v) is 6.13. The first-order valence-corrected chi connectivity index (χ1v) is 7.33. The molecule has 3 N–H and O–H groups in total. The maximum Gasteiger partial charge on any atom is 0.241 e. The van der Waals surface area contributed by atoms with Gasteiger partial charge in [-0.25, -0.2) is 17.5 Å². The SMILES string of the molecule is CC(C)CNS(=O)(=O)c1ccc(F)cc1C#CCN. The van der Waals surface area contributed by atoms with Gasteiger partial charge in [-0.2, -0.15) is 0 Å². The van der Waals surface area contributed by atoms with Gasteiger partial charge in [0.15, 0.2) is 0 Å². The number of hydrogen-bond acceptors (Lipinski definition) is 3. The minimum absolute atomic E-state index is 0.0319. The zero-order valence-electron chi connectivity index (χ0n) is 10.9. The van der Waals surface area contributed by atoms with Crippen molar-refractivity contribution in [3.63, 3.8) is 0 Å². The predicted octanol–water partition coefficient (Wildman–Crippen LogP) is 1.07. The quantitative estimate of drug-likeness (QED) is 0.812. The van der Waals surface area contributed by atoms with E-state index in [4.69, 9.17) is 5.73 Å². The minimum atomic E-state index is -3.69. The van der Waals surface area contributed by atoms with Gasteiger partial charge in [0.25, 0.3) is 0 Å². The monoisotopic (exact) mass is 284 g/mol. The standard InChI is InChI=1S/C13H17FN2O2S/c1-10(2)9-16-19(17,18)13-6-5-12(14)8-11(13)4-3-7-15/h5-6,8,10,16H,7,9,15H2,1-2H3. The molecule has 0 amide bonds. The van der Waals surface area contributed by atoms with Gasteiger partial charge in [0.2, 0.25) is 10.0 Å². The van der Waals surface area contributed by atoms with E-state index in [1.165, 1.54) is 6.07 Å². The van der Waals surface area contributed by atoms with Crippen LogP contribution in [0.15, 0.2) is 23.1 Å². The smallest absolute Gasteiger partial charge is 0.241 e. The highest BCUT2D eigenvalue weighted by atomic mass is 32.2. The van der Waals surface area contributed by atoms with Gasteiger partial charge in [-0.3, -0.25) is 0 Å². The Morgan fingerprint density at radius 1 is 1.42 bits per heavy atom. The topological polar surface area (TPSA) is 72.2 Å². The maximum absolute atomic E-state index is 13.2. The molecule has 1 aromatic carbocycles. The molecule has 104 valence electrons. The van der Waals surface area contributed by atoms with Crippen LogP contribution in [-0.2, 0) is 10.0 Å². The Morgan fingerprint density at radius 3 is 2.68 bits per heavy atom. The molecule has 4 nitrogen and oxygen atoms in total. The van der Waals surface area contributed by atoms with E-state index in [2.05, 4.69) is 16.6 Å². The number of rotatable bonds is 4. The van der Waals surface area contributed by atoms with Gasteiger partial charge in [0, 0.05) is 12.1 Å². The van der Waals surface area contributed by atoms with Crippen LogP contribution in [0.5, 0.6) is 0 Å². The lowest BCUT2D eigenvalue weighted by Crippen LogP contribution is -2.28. The highest BCUT2D eigenvalue weighted by Gasteiger charge is 2.18. The highest BCUT2D eigenvalue weighted by Crippen LogP contribution is 2.16. The van der Waals surface area contributed by atoms with Gasteiger partial charge in [-0.1, -0.05) is 25.7 Å². The molecule has 0 aliphatic carbocycles. The lowest BCUT2D eigenvalue weighted by molar-refractivity contribution is 0.559. The Labute approximate surface area is 113 Å². The first-order valence-electron chi connectivity index (χ1n) is 5.85. The Hall–Kier alpha value is -1.42. The third-order valence-corrected chi connectivity index (χ3v) is 3.72. The third-order valence-electron chi connectivity index (χ3n) is 2.24. The van der Waals surface area contributed by atoms with E-state index in [1.807, 2.05) is 13.8 Å². The van der Waals surface area contributed by atoms with Crippen LogP contribution in [0.3, 0.4) is 0 Å². The van der Waals surface area contributed by atoms with Gasteiger partial charge < -0.3 is 5.73 Å². The Morgan fingerprint density at radius 2 is 2.11 bits per heavy atom. The van der Waals surface area contributed by atoms with Crippen LogP contribution >= 0.6 is 0 Å². The van der Waals surface area contributed by atoms with E-state index in [0.717, 1.165) is 12.1 Å². The van der Waals surface area contributed by atoms with E-state index in [1.54, 1.807) is 0 Å². The van der Waals surface area contributed by atoms with Crippen LogP contribution in [0.1, 0.15) is 19.4 Å². The Kier molecular flexibility index (Phi) is 5.48. The molecular formula is C13H17FN2O2S. The summed E-state index contributed by atoms with van der Waals surface area (Å²) < 4.78 is 39.8. The average Bonchev–Trinajstić information content (AvgIpc) is 2.34. The summed E-state index contributed by atoms with van der Waals surface area (Å²) in [6, 6.07) is 3.39. The van der Waals surface area contributed by atoms with Crippen molar-refractivity contribution in [3.8, 4) is 11.8 Å².